The number of amides is 1. The minimum absolute atomic E-state index is 0.153. The molecule has 0 spiro atoms. The molecule has 3 saturated heterocycles. The Morgan fingerprint density at radius 2 is 1.77 bits per heavy atom. The highest BCUT2D eigenvalue weighted by Crippen LogP contribution is 2.35. The van der Waals surface area contributed by atoms with Gasteiger partial charge in [0, 0.05) is 83.2 Å². The van der Waals surface area contributed by atoms with Gasteiger partial charge in [-0.05, 0) is 38.4 Å². The molecule has 3 aliphatic rings. The van der Waals surface area contributed by atoms with Crippen molar-refractivity contribution in [3.8, 4) is 5.75 Å². The number of ether oxygens (including phenoxy) is 1. The zero-order chi connectivity index (χ0) is 27.4. The van der Waals surface area contributed by atoms with Crippen molar-refractivity contribution in [2.45, 2.75) is 32.2 Å². The van der Waals surface area contributed by atoms with Crippen molar-refractivity contribution in [1.82, 2.24) is 25.1 Å². The maximum Gasteiger partial charge on any atom is 0.271 e. The smallest absolute Gasteiger partial charge is 0.271 e. The van der Waals surface area contributed by atoms with Crippen LogP contribution in [0.3, 0.4) is 0 Å². The van der Waals surface area contributed by atoms with Crippen molar-refractivity contribution in [2.75, 3.05) is 94.7 Å². The van der Waals surface area contributed by atoms with E-state index in [1.54, 1.807) is 7.11 Å². The van der Waals surface area contributed by atoms with E-state index in [0.717, 1.165) is 107 Å². The Balaban J connectivity index is 1.33. The highest BCUT2D eigenvalue weighted by Gasteiger charge is 2.28. The van der Waals surface area contributed by atoms with E-state index in [1.165, 1.54) is 0 Å². The van der Waals surface area contributed by atoms with Crippen LogP contribution in [0.5, 0.6) is 5.75 Å². The SMILES string of the molecule is CCc1nc(C(N)=O)c(Nc2ccc(N3CCC(N4CCN(C)CC4)CC3)c(OC)c2)nc1N1CCNCC1. The van der Waals surface area contributed by atoms with Crippen molar-refractivity contribution in [3.05, 3.63) is 29.6 Å². The van der Waals surface area contributed by atoms with Gasteiger partial charge in [0.05, 0.1) is 18.5 Å². The summed E-state index contributed by atoms with van der Waals surface area (Å²) in [5.41, 5.74) is 8.52. The summed E-state index contributed by atoms with van der Waals surface area (Å²) in [6.45, 7) is 12.1. The fourth-order valence-corrected chi connectivity index (χ4v) is 5.90. The highest BCUT2D eigenvalue weighted by molar-refractivity contribution is 5.96. The maximum absolute atomic E-state index is 12.3. The molecule has 3 aliphatic heterocycles. The van der Waals surface area contributed by atoms with Gasteiger partial charge in [0.1, 0.15) is 5.75 Å². The first kappa shape index (κ1) is 27.4. The molecule has 1 aromatic heterocycles. The Kier molecular flexibility index (Phi) is 8.69. The number of piperidine rings is 1. The summed E-state index contributed by atoms with van der Waals surface area (Å²) in [6.07, 6.45) is 2.98. The van der Waals surface area contributed by atoms with E-state index in [1.807, 2.05) is 19.1 Å². The van der Waals surface area contributed by atoms with Crippen molar-refractivity contribution >= 4 is 28.9 Å². The second-order valence-electron chi connectivity index (χ2n) is 10.7. The van der Waals surface area contributed by atoms with E-state index in [9.17, 15) is 4.79 Å². The molecule has 0 bridgehead atoms. The zero-order valence-electron chi connectivity index (χ0n) is 23.6. The number of piperazine rings is 2. The van der Waals surface area contributed by atoms with E-state index >= 15 is 0 Å². The Labute approximate surface area is 231 Å². The normalized spacial score (nSPS) is 19.8. The summed E-state index contributed by atoms with van der Waals surface area (Å²) in [6, 6.07) is 6.72. The van der Waals surface area contributed by atoms with Crippen molar-refractivity contribution in [3.63, 3.8) is 0 Å². The molecule has 4 N–H and O–H groups in total. The number of likely N-dealkylation sites (N-methyl/N-ethyl adjacent to an activating group) is 1. The molecule has 0 unspecified atom stereocenters. The molecular formula is C28H43N9O2. The van der Waals surface area contributed by atoms with Gasteiger partial charge in [0.2, 0.25) is 0 Å². The molecule has 1 aromatic carbocycles. The lowest BCUT2D eigenvalue weighted by atomic mass is 10.0. The van der Waals surface area contributed by atoms with Gasteiger partial charge in [0.25, 0.3) is 5.91 Å². The molecule has 5 rings (SSSR count). The van der Waals surface area contributed by atoms with Gasteiger partial charge in [-0.25, -0.2) is 9.97 Å². The van der Waals surface area contributed by atoms with Crippen molar-refractivity contribution < 1.29 is 9.53 Å². The Bertz CT molecular complexity index is 1140. The first-order valence-corrected chi connectivity index (χ1v) is 14.3. The summed E-state index contributed by atoms with van der Waals surface area (Å²) >= 11 is 0. The summed E-state index contributed by atoms with van der Waals surface area (Å²) in [5, 5.41) is 6.69. The predicted octanol–water partition coefficient (Wildman–Crippen LogP) is 1.52. The molecule has 0 saturated carbocycles. The average molecular weight is 538 g/mol. The second-order valence-corrected chi connectivity index (χ2v) is 10.7. The number of aryl methyl sites for hydroxylation is 1. The number of aromatic nitrogens is 2. The van der Waals surface area contributed by atoms with Crippen molar-refractivity contribution in [2.24, 2.45) is 5.73 Å². The van der Waals surface area contributed by atoms with Crippen LogP contribution in [0.15, 0.2) is 18.2 Å². The number of primary amides is 1. The molecule has 0 radical (unpaired) electrons. The molecule has 1 amide bonds. The van der Waals surface area contributed by atoms with Gasteiger partial charge < -0.3 is 35.8 Å². The van der Waals surface area contributed by atoms with Gasteiger partial charge >= 0.3 is 0 Å². The summed E-state index contributed by atoms with van der Waals surface area (Å²) in [4.78, 5) is 31.5. The molecule has 212 valence electrons. The molecule has 0 atom stereocenters. The molecule has 4 heterocycles. The van der Waals surface area contributed by atoms with Crippen LogP contribution in [-0.4, -0.2) is 111 Å². The highest BCUT2D eigenvalue weighted by atomic mass is 16.5. The number of nitrogens with one attached hydrogen (secondary N) is 2. The van der Waals surface area contributed by atoms with E-state index in [0.29, 0.717) is 18.3 Å². The second kappa shape index (κ2) is 12.4. The lowest BCUT2D eigenvalue weighted by molar-refractivity contribution is 0.0981. The summed E-state index contributed by atoms with van der Waals surface area (Å²) in [5.74, 6) is 1.37. The standard InChI is InChI=1S/C28H43N9O2/c1-4-22-28(37-13-9-30-10-14-37)33-27(25(32-22)26(29)38)31-20-5-6-23(24(19-20)39-3)36-11-7-21(8-12-36)35-17-15-34(2)16-18-35/h5-6,19,21,30H,4,7-18H2,1-3H3,(H2,29,38)(H,31,33). The number of benzene rings is 1. The van der Waals surface area contributed by atoms with Crippen LogP contribution >= 0.6 is 0 Å². The lowest BCUT2D eigenvalue weighted by Gasteiger charge is -2.42. The quantitative estimate of drug-likeness (QED) is 0.458. The molecule has 3 fully saturated rings. The number of anilines is 4. The van der Waals surface area contributed by atoms with Crippen LogP contribution in [0.4, 0.5) is 23.0 Å². The maximum atomic E-state index is 12.3. The number of methoxy groups -OCH3 is 1. The van der Waals surface area contributed by atoms with Crippen LogP contribution in [0, 0.1) is 0 Å². The topological polar surface area (TPSA) is 115 Å². The van der Waals surface area contributed by atoms with Crippen LogP contribution in [0.1, 0.15) is 35.9 Å². The number of hydrogen-bond acceptors (Lipinski definition) is 10. The van der Waals surface area contributed by atoms with E-state index in [-0.39, 0.29) is 5.69 Å². The van der Waals surface area contributed by atoms with Crippen LogP contribution < -0.4 is 30.9 Å². The third-order valence-electron chi connectivity index (χ3n) is 8.23. The summed E-state index contributed by atoms with van der Waals surface area (Å²) < 4.78 is 5.82. The van der Waals surface area contributed by atoms with Gasteiger partial charge in [-0.3, -0.25) is 9.69 Å². The fourth-order valence-electron chi connectivity index (χ4n) is 5.90. The van der Waals surface area contributed by atoms with E-state index in [2.05, 4.69) is 48.3 Å². The molecule has 2 aromatic rings. The largest absolute Gasteiger partial charge is 0.495 e. The number of nitrogens with two attached hydrogens (primary N) is 1. The first-order valence-electron chi connectivity index (χ1n) is 14.3. The average Bonchev–Trinajstić information content (AvgIpc) is 2.97. The van der Waals surface area contributed by atoms with E-state index in [4.69, 9.17) is 15.5 Å². The Morgan fingerprint density at radius 1 is 1.05 bits per heavy atom. The Morgan fingerprint density at radius 3 is 2.41 bits per heavy atom. The monoisotopic (exact) mass is 537 g/mol. The fraction of sp³-hybridized carbons (Fsp3) is 0.607. The lowest BCUT2D eigenvalue weighted by Crippen LogP contribution is -2.52. The number of rotatable bonds is 8. The van der Waals surface area contributed by atoms with Gasteiger partial charge in [0.15, 0.2) is 17.3 Å². The van der Waals surface area contributed by atoms with Gasteiger partial charge in [-0.1, -0.05) is 6.92 Å². The third-order valence-corrected chi connectivity index (χ3v) is 8.23. The first-order chi connectivity index (χ1) is 19.0. The van der Waals surface area contributed by atoms with Crippen LogP contribution in [0.2, 0.25) is 0 Å². The number of carbonyl (C=O) groups excluding carboxylic acids is 1. The Hall–Kier alpha value is -3.15. The van der Waals surface area contributed by atoms with Gasteiger partial charge in [-0.15, -0.1) is 0 Å². The van der Waals surface area contributed by atoms with Crippen LogP contribution in [0.25, 0.3) is 0 Å². The minimum Gasteiger partial charge on any atom is -0.495 e. The predicted molar refractivity (Wildman–Crippen MR) is 156 cm³/mol. The van der Waals surface area contributed by atoms with Crippen molar-refractivity contribution in [1.29, 1.82) is 0 Å². The summed E-state index contributed by atoms with van der Waals surface area (Å²) in [7, 11) is 3.91. The molecule has 11 heteroatoms. The minimum atomic E-state index is -0.599. The number of carbonyl (C=O) groups is 1. The molecule has 11 nitrogen and oxygen atoms in total. The van der Waals surface area contributed by atoms with E-state index < -0.39 is 5.91 Å². The third kappa shape index (κ3) is 6.21. The van der Waals surface area contributed by atoms with Gasteiger partial charge in [-0.2, -0.15) is 0 Å². The molecule has 39 heavy (non-hydrogen) atoms. The molecular weight excluding hydrogens is 494 g/mol. The van der Waals surface area contributed by atoms with Crippen LogP contribution in [-0.2, 0) is 6.42 Å². The number of hydrogen-bond donors (Lipinski definition) is 3. The molecule has 0 aliphatic carbocycles. The zero-order valence-corrected chi connectivity index (χ0v) is 23.6. The number of nitrogens with zero attached hydrogens (tertiary/aromatic N) is 6.